The maximum atomic E-state index is 12.0. The minimum atomic E-state index is -0.390. The molecule has 1 saturated heterocycles. The van der Waals surface area contributed by atoms with E-state index in [1.54, 1.807) is 0 Å². The van der Waals surface area contributed by atoms with Gasteiger partial charge in [0.05, 0.1) is 0 Å². The predicted octanol–water partition coefficient (Wildman–Crippen LogP) is 4.12. The van der Waals surface area contributed by atoms with Gasteiger partial charge in [-0.05, 0) is 63.4 Å². The number of benzene rings is 1. The molecule has 1 heterocycles. The summed E-state index contributed by atoms with van der Waals surface area (Å²) in [7, 11) is 0. The molecule has 1 aromatic carbocycles. The minimum Gasteiger partial charge on any atom is -0.444 e. The second kappa shape index (κ2) is 5.94. The van der Waals surface area contributed by atoms with Crippen molar-refractivity contribution < 1.29 is 9.53 Å². The summed E-state index contributed by atoms with van der Waals surface area (Å²) in [6.07, 6.45) is 3.59. The Kier molecular flexibility index (Phi) is 4.16. The maximum absolute atomic E-state index is 12.0. The zero-order valence-corrected chi connectivity index (χ0v) is 13.9. The van der Waals surface area contributed by atoms with Crippen molar-refractivity contribution in [2.75, 3.05) is 13.1 Å². The molecule has 1 aliphatic carbocycles. The molecule has 0 aromatic heterocycles. The lowest BCUT2D eigenvalue weighted by molar-refractivity contribution is 0.0265. The number of carbonyl (C=O) groups excluding carboxylic acids is 1. The van der Waals surface area contributed by atoms with Crippen LogP contribution in [0.4, 0.5) is 4.79 Å². The maximum Gasteiger partial charge on any atom is 0.410 e. The van der Waals surface area contributed by atoms with Crippen LogP contribution < -0.4 is 0 Å². The highest BCUT2D eigenvalue weighted by atomic mass is 16.6. The van der Waals surface area contributed by atoms with Gasteiger partial charge in [-0.15, -0.1) is 0 Å². The van der Waals surface area contributed by atoms with Gasteiger partial charge in [-0.2, -0.15) is 0 Å². The number of likely N-dealkylation sites (tertiary alicyclic amines) is 1. The van der Waals surface area contributed by atoms with Crippen LogP contribution in [-0.2, 0) is 11.2 Å². The molecule has 3 atom stereocenters. The lowest BCUT2D eigenvalue weighted by atomic mass is 10.0. The Morgan fingerprint density at radius 1 is 1.18 bits per heavy atom. The van der Waals surface area contributed by atoms with Crippen molar-refractivity contribution in [3.05, 3.63) is 35.9 Å². The number of rotatable bonds is 4. The van der Waals surface area contributed by atoms with Crippen molar-refractivity contribution in [1.82, 2.24) is 4.90 Å². The molecule has 120 valence electrons. The van der Waals surface area contributed by atoms with Crippen LogP contribution in [0.25, 0.3) is 0 Å². The monoisotopic (exact) mass is 301 g/mol. The first-order valence-corrected chi connectivity index (χ1v) is 8.46. The van der Waals surface area contributed by atoms with E-state index in [1.807, 2.05) is 25.7 Å². The summed E-state index contributed by atoms with van der Waals surface area (Å²) < 4.78 is 5.45. The standard InChI is InChI=1S/C19H27NO2/c1-19(2,3)22-18(21)20-12-16-15(17(16)13-20)11-7-10-14-8-5-4-6-9-14/h4-6,8-9,15-17H,7,10-13H2,1-3H3/t15-,16-,17+. The Morgan fingerprint density at radius 3 is 2.41 bits per heavy atom. The fraction of sp³-hybridized carbons (Fsp3) is 0.632. The molecular formula is C19H27NO2. The Hall–Kier alpha value is -1.51. The van der Waals surface area contributed by atoms with Crippen LogP contribution in [0.1, 0.15) is 39.2 Å². The summed E-state index contributed by atoms with van der Waals surface area (Å²) in [5.41, 5.74) is 1.04. The van der Waals surface area contributed by atoms with Crippen LogP contribution >= 0.6 is 0 Å². The average molecular weight is 301 g/mol. The molecule has 2 fully saturated rings. The fourth-order valence-corrected chi connectivity index (χ4v) is 3.74. The van der Waals surface area contributed by atoms with Gasteiger partial charge < -0.3 is 9.64 Å². The van der Waals surface area contributed by atoms with Gasteiger partial charge in [-0.1, -0.05) is 30.3 Å². The van der Waals surface area contributed by atoms with Crippen LogP contribution in [0, 0.1) is 17.8 Å². The van der Waals surface area contributed by atoms with Crippen LogP contribution in [0.5, 0.6) is 0 Å². The van der Waals surface area contributed by atoms with Crippen molar-refractivity contribution >= 4 is 6.09 Å². The quantitative estimate of drug-likeness (QED) is 0.837. The van der Waals surface area contributed by atoms with Gasteiger partial charge in [-0.25, -0.2) is 4.79 Å². The molecule has 0 bridgehead atoms. The first-order chi connectivity index (χ1) is 10.4. The molecule has 0 spiro atoms. The van der Waals surface area contributed by atoms with E-state index in [0.717, 1.165) is 30.8 Å². The highest BCUT2D eigenvalue weighted by Crippen LogP contribution is 2.54. The smallest absolute Gasteiger partial charge is 0.410 e. The molecule has 0 radical (unpaired) electrons. The Morgan fingerprint density at radius 2 is 1.82 bits per heavy atom. The molecule has 1 aromatic rings. The molecule has 3 rings (SSSR count). The number of carbonyl (C=O) groups is 1. The van der Waals surface area contributed by atoms with Gasteiger partial charge in [0.15, 0.2) is 0 Å². The Bertz CT molecular complexity index is 508. The fourth-order valence-electron chi connectivity index (χ4n) is 3.74. The zero-order chi connectivity index (χ0) is 15.7. The van der Waals surface area contributed by atoms with Gasteiger partial charge in [-0.3, -0.25) is 0 Å². The highest BCUT2D eigenvalue weighted by Gasteiger charge is 2.56. The number of hydrogen-bond donors (Lipinski definition) is 0. The molecule has 0 N–H and O–H groups in total. The first kappa shape index (κ1) is 15.4. The Labute approximate surface area is 133 Å². The molecule has 1 aliphatic heterocycles. The molecule has 1 saturated carbocycles. The minimum absolute atomic E-state index is 0.136. The van der Waals surface area contributed by atoms with Gasteiger partial charge in [0.1, 0.15) is 5.60 Å². The molecule has 2 aliphatic rings. The Balaban J connectivity index is 1.37. The molecular weight excluding hydrogens is 274 g/mol. The average Bonchev–Trinajstić information content (AvgIpc) is 2.91. The second-order valence-electron chi connectivity index (χ2n) is 7.75. The van der Waals surface area contributed by atoms with E-state index in [-0.39, 0.29) is 11.7 Å². The normalized spacial score (nSPS) is 26.7. The third-order valence-corrected chi connectivity index (χ3v) is 4.87. The highest BCUT2D eigenvalue weighted by molar-refractivity contribution is 5.68. The van der Waals surface area contributed by atoms with E-state index in [4.69, 9.17) is 4.74 Å². The van der Waals surface area contributed by atoms with Crippen LogP contribution in [0.3, 0.4) is 0 Å². The van der Waals surface area contributed by atoms with Gasteiger partial charge >= 0.3 is 6.09 Å². The van der Waals surface area contributed by atoms with E-state index in [2.05, 4.69) is 30.3 Å². The largest absolute Gasteiger partial charge is 0.444 e. The van der Waals surface area contributed by atoms with E-state index in [1.165, 1.54) is 24.8 Å². The zero-order valence-electron chi connectivity index (χ0n) is 13.9. The van der Waals surface area contributed by atoms with Crippen molar-refractivity contribution in [1.29, 1.82) is 0 Å². The number of amides is 1. The van der Waals surface area contributed by atoms with Crippen molar-refractivity contribution in [3.63, 3.8) is 0 Å². The summed E-state index contributed by atoms with van der Waals surface area (Å²) in [6, 6.07) is 10.7. The van der Waals surface area contributed by atoms with Crippen molar-refractivity contribution in [3.8, 4) is 0 Å². The van der Waals surface area contributed by atoms with Crippen molar-refractivity contribution in [2.45, 2.75) is 45.6 Å². The molecule has 0 unspecified atom stereocenters. The second-order valence-corrected chi connectivity index (χ2v) is 7.75. The van der Waals surface area contributed by atoms with Gasteiger partial charge in [0.2, 0.25) is 0 Å². The van der Waals surface area contributed by atoms with E-state index in [9.17, 15) is 4.79 Å². The molecule has 3 nitrogen and oxygen atoms in total. The van der Waals surface area contributed by atoms with Crippen LogP contribution in [0.15, 0.2) is 30.3 Å². The SMILES string of the molecule is CC(C)(C)OC(=O)N1C[C@@H]2[C@@H](CCCc3ccccc3)[C@@H]2C1. The number of hydrogen-bond acceptors (Lipinski definition) is 2. The lowest BCUT2D eigenvalue weighted by Gasteiger charge is -2.25. The van der Waals surface area contributed by atoms with Crippen LogP contribution in [-0.4, -0.2) is 29.7 Å². The van der Waals surface area contributed by atoms with Crippen LogP contribution in [0.2, 0.25) is 0 Å². The molecule has 3 heteroatoms. The van der Waals surface area contributed by atoms with Crippen molar-refractivity contribution in [2.24, 2.45) is 17.8 Å². The lowest BCUT2D eigenvalue weighted by Crippen LogP contribution is -2.37. The predicted molar refractivity (Wildman–Crippen MR) is 87.7 cm³/mol. The number of ether oxygens (including phenoxy) is 1. The summed E-state index contributed by atoms with van der Waals surface area (Å²) in [6.45, 7) is 7.57. The first-order valence-electron chi connectivity index (χ1n) is 8.46. The number of fused-ring (bicyclic) bond motifs is 1. The third kappa shape index (κ3) is 3.63. The number of piperidine rings is 1. The number of aryl methyl sites for hydroxylation is 1. The molecule has 1 amide bonds. The summed E-state index contributed by atoms with van der Waals surface area (Å²) in [5, 5.41) is 0. The summed E-state index contributed by atoms with van der Waals surface area (Å²) >= 11 is 0. The van der Waals surface area contributed by atoms with Gasteiger partial charge in [0, 0.05) is 13.1 Å². The van der Waals surface area contributed by atoms with Gasteiger partial charge in [0.25, 0.3) is 0 Å². The topological polar surface area (TPSA) is 29.5 Å². The molecule has 22 heavy (non-hydrogen) atoms. The summed E-state index contributed by atoms with van der Waals surface area (Å²) in [4.78, 5) is 13.9. The third-order valence-electron chi connectivity index (χ3n) is 4.87. The van der Waals surface area contributed by atoms with E-state index < -0.39 is 0 Å². The number of nitrogens with zero attached hydrogens (tertiary/aromatic N) is 1. The van der Waals surface area contributed by atoms with E-state index in [0.29, 0.717) is 0 Å². The van der Waals surface area contributed by atoms with E-state index >= 15 is 0 Å². The summed E-state index contributed by atoms with van der Waals surface area (Å²) in [5.74, 6) is 2.29.